The smallest absolute Gasteiger partial charge is 0.160 e. The number of aromatic nitrogens is 2. The summed E-state index contributed by atoms with van der Waals surface area (Å²) >= 11 is 0. The number of rotatable bonds is 6. The first kappa shape index (κ1) is 14.1. The van der Waals surface area contributed by atoms with Gasteiger partial charge in [0.25, 0.3) is 0 Å². The maximum absolute atomic E-state index is 10.2. The predicted octanol–water partition coefficient (Wildman–Crippen LogP) is 3.40. The van der Waals surface area contributed by atoms with E-state index < -0.39 is 0 Å². The van der Waals surface area contributed by atoms with Gasteiger partial charge in [0, 0.05) is 6.54 Å². The van der Waals surface area contributed by atoms with Gasteiger partial charge < -0.3 is 5.11 Å². The Balaban J connectivity index is 3.01. The van der Waals surface area contributed by atoms with Gasteiger partial charge in [0.1, 0.15) is 5.69 Å². The van der Waals surface area contributed by atoms with Gasteiger partial charge in [-0.1, -0.05) is 41.0 Å². The van der Waals surface area contributed by atoms with Crippen LogP contribution in [-0.4, -0.2) is 14.9 Å². The summed E-state index contributed by atoms with van der Waals surface area (Å²) in [5, 5.41) is 14.8. The van der Waals surface area contributed by atoms with Crippen molar-refractivity contribution >= 4 is 0 Å². The highest BCUT2D eigenvalue weighted by Crippen LogP contribution is 2.26. The molecule has 0 saturated carbocycles. The first-order chi connectivity index (χ1) is 7.95. The normalized spacial score (nSPS) is 11.7. The molecule has 0 amide bonds. The van der Waals surface area contributed by atoms with E-state index in [1.54, 1.807) is 0 Å². The van der Waals surface area contributed by atoms with Gasteiger partial charge in [0.05, 0.1) is 5.69 Å². The van der Waals surface area contributed by atoms with Crippen LogP contribution in [0.25, 0.3) is 0 Å². The van der Waals surface area contributed by atoms with Crippen LogP contribution >= 0.6 is 0 Å². The summed E-state index contributed by atoms with van der Waals surface area (Å²) in [6.45, 7) is 11.7. The highest BCUT2D eigenvalue weighted by atomic mass is 16.3. The van der Waals surface area contributed by atoms with Crippen molar-refractivity contribution in [1.82, 2.24) is 9.78 Å². The lowest BCUT2D eigenvalue weighted by molar-refractivity contribution is 0.442. The van der Waals surface area contributed by atoms with Crippen molar-refractivity contribution in [2.45, 2.75) is 60.4 Å². The number of aromatic hydroxyl groups is 1. The predicted molar refractivity (Wildman–Crippen MR) is 71.3 cm³/mol. The van der Waals surface area contributed by atoms with E-state index >= 15 is 0 Å². The summed E-state index contributed by atoms with van der Waals surface area (Å²) in [6, 6.07) is 0. The minimum Gasteiger partial charge on any atom is -0.504 e. The standard InChI is InChI=1S/C14H26N2O/c1-6-7-13-14(17)12(8-10(2)3)15-16(13)9-11(4)5/h10-11,17H,6-9H2,1-5H3. The molecule has 0 aliphatic rings. The van der Waals surface area contributed by atoms with Crippen LogP contribution in [0, 0.1) is 11.8 Å². The lowest BCUT2D eigenvalue weighted by Gasteiger charge is -2.08. The zero-order valence-electron chi connectivity index (χ0n) is 11.8. The van der Waals surface area contributed by atoms with Crippen molar-refractivity contribution in [3.05, 3.63) is 11.4 Å². The average Bonchev–Trinajstić information content (AvgIpc) is 2.45. The van der Waals surface area contributed by atoms with Crippen LogP contribution in [0.3, 0.4) is 0 Å². The van der Waals surface area contributed by atoms with Gasteiger partial charge in [-0.05, 0) is 24.7 Å². The average molecular weight is 238 g/mol. The van der Waals surface area contributed by atoms with Gasteiger partial charge in [-0.25, -0.2) is 0 Å². The van der Waals surface area contributed by atoms with E-state index in [0.717, 1.165) is 37.2 Å². The van der Waals surface area contributed by atoms with E-state index in [2.05, 4.69) is 39.7 Å². The Morgan fingerprint density at radius 2 is 1.82 bits per heavy atom. The molecule has 0 bridgehead atoms. The molecule has 0 aliphatic carbocycles. The maximum atomic E-state index is 10.2. The van der Waals surface area contributed by atoms with Crippen LogP contribution < -0.4 is 0 Å². The first-order valence-electron chi connectivity index (χ1n) is 6.73. The van der Waals surface area contributed by atoms with Crippen molar-refractivity contribution in [3.63, 3.8) is 0 Å². The maximum Gasteiger partial charge on any atom is 0.160 e. The largest absolute Gasteiger partial charge is 0.504 e. The zero-order chi connectivity index (χ0) is 13.0. The fourth-order valence-corrected chi connectivity index (χ4v) is 2.05. The molecular weight excluding hydrogens is 212 g/mol. The third kappa shape index (κ3) is 3.76. The molecule has 0 unspecified atom stereocenters. The molecule has 0 spiro atoms. The zero-order valence-corrected chi connectivity index (χ0v) is 11.8. The van der Waals surface area contributed by atoms with Gasteiger partial charge >= 0.3 is 0 Å². The quantitative estimate of drug-likeness (QED) is 0.825. The molecule has 98 valence electrons. The Morgan fingerprint density at radius 1 is 1.18 bits per heavy atom. The van der Waals surface area contributed by atoms with Crippen LogP contribution in [0.5, 0.6) is 5.75 Å². The van der Waals surface area contributed by atoms with Gasteiger partial charge in [-0.2, -0.15) is 5.10 Å². The third-order valence-electron chi connectivity index (χ3n) is 2.73. The van der Waals surface area contributed by atoms with Gasteiger partial charge in [0.2, 0.25) is 0 Å². The van der Waals surface area contributed by atoms with Gasteiger partial charge in [-0.3, -0.25) is 4.68 Å². The highest BCUT2D eigenvalue weighted by molar-refractivity contribution is 5.32. The van der Waals surface area contributed by atoms with Crippen molar-refractivity contribution in [3.8, 4) is 5.75 Å². The van der Waals surface area contributed by atoms with Crippen LogP contribution in [0.2, 0.25) is 0 Å². The van der Waals surface area contributed by atoms with Crippen molar-refractivity contribution < 1.29 is 5.11 Å². The molecule has 0 fully saturated rings. The second-order valence-electron chi connectivity index (χ2n) is 5.67. The second-order valence-corrected chi connectivity index (χ2v) is 5.67. The van der Waals surface area contributed by atoms with E-state index in [1.165, 1.54) is 0 Å². The van der Waals surface area contributed by atoms with Crippen molar-refractivity contribution in [2.24, 2.45) is 11.8 Å². The summed E-state index contributed by atoms with van der Waals surface area (Å²) < 4.78 is 2.00. The van der Waals surface area contributed by atoms with Crippen molar-refractivity contribution in [1.29, 1.82) is 0 Å². The summed E-state index contributed by atoms with van der Waals surface area (Å²) in [5.74, 6) is 1.51. The molecule has 0 aromatic carbocycles. The molecule has 3 nitrogen and oxygen atoms in total. The summed E-state index contributed by atoms with van der Waals surface area (Å²) in [4.78, 5) is 0. The summed E-state index contributed by atoms with van der Waals surface area (Å²) in [5.41, 5.74) is 1.88. The molecule has 0 atom stereocenters. The number of hydrogen-bond donors (Lipinski definition) is 1. The summed E-state index contributed by atoms with van der Waals surface area (Å²) in [7, 11) is 0. The molecule has 0 aliphatic heterocycles. The third-order valence-corrected chi connectivity index (χ3v) is 2.73. The number of hydrogen-bond acceptors (Lipinski definition) is 2. The lowest BCUT2D eigenvalue weighted by Crippen LogP contribution is -2.10. The van der Waals surface area contributed by atoms with Crippen LogP contribution in [-0.2, 0) is 19.4 Å². The van der Waals surface area contributed by atoms with E-state index in [4.69, 9.17) is 0 Å². The first-order valence-corrected chi connectivity index (χ1v) is 6.73. The molecule has 1 heterocycles. The molecule has 1 N–H and O–H groups in total. The molecule has 0 saturated heterocycles. The summed E-state index contributed by atoms with van der Waals surface area (Å²) in [6.07, 6.45) is 2.80. The lowest BCUT2D eigenvalue weighted by atomic mass is 10.1. The van der Waals surface area contributed by atoms with E-state index in [-0.39, 0.29) is 0 Å². The second kappa shape index (κ2) is 6.08. The Kier molecular flexibility index (Phi) is 5.03. The van der Waals surface area contributed by atoms with Crippen molar-refractivity contribution in [2.75, 3.05) is 0 Å². The highest BCUT2D eigenvalue weighted by Gasteiger charge is 2.17. The fraction of sp³-hybridized carbons (Fsp3) is 0.786. The SMILES string of the molecule is CCCc1c(O)c(CC(C)C)nn1CC(C)C. The Bertz CT molecular complexity index is 353. The van der Waals surface area contributed by atoms with Crippen LogP contribution in [0.15, 0.2) is 0 Å². The molecule has 1 aromatic rings. The van der Waals surface area contributed by atoms with E-state index in [1.807, 2.05) is 4.68 Å². The molecule has 1 rings (SSSR count). The van der Waals surface area contributed by atoms with Crippen LogP contribution in [0.1, 0.15) is 52.4 Å². The number of nitrogens with zero attached hydrogens (tertiary/aromatic N) is 2. The molecule has 17 heavy (non-hydrogen) atoms. The minimum atomic E-state index is 0.432. The molecule has 0 radical (unpaired) electrons. The van der Waals surface area contributed by atoms with Crippen LogP contribution in [0.4, 0.5) is 0 Å². The Morgan fingerprint density at radius 3 is 2.29 bits per heavy atom. The fourth-order valence-electron chi connectivity index (χ4n) is 2.05. The monoisotopic (exact) mass is 238 g/mol. The molecular formula is C14H26N2O. The van der Waals surface area contributed by atoms with E-state index in [9.17, 15) is 5.11 Å². The van der Waals surface area contributed by atoms with Gasteiger partial charge in [-0.15, -0.1) is 0 Å². The van der Waals surface area contributed by atoms with E-state index in [0.29, 0.717) is 17.6 Å². The topological polar surface area (TPSA) is 38.1 Å². The minimum absolute atomic E-state index is 0.432. The Labute approximate surface area is 105 Å². The van der Waals surface area contributed by atoms with Gasteiger partial charge in [0.15, 0.2) is 5.75 Å². The Hall–Kier alpha value is -0.990. The molecule has 3 heteroatoms. The molecule has 1 aromatic heterocycles.